The number of rotatable bonds is 4. The second kappa shape index (κ2) is 6.55. The molecule has 0 fully saturated rings. The Morgan fingerprint density at radius 1 is 0.947 bits per heavy atom. The van der Waals surface area contributed by atoms with Crippen LogP contribution in [0.1, 0.15) is 0 Å². The van der Waals surface area contributed by atoms with Crippen molar-refractivity contribution < 1.29 is 4.79 Å². The molecule has 2 aromatic rings. The molecule has 0 aliphatic carbocycles. The van der Waals surface area contributed by atoms with Crippen LogP contribution >= 0.6 is 11.9 Å². The molecular weight excluding hydrogens is 260 g/mol. The minimum absolute atomic E-state index is 0.571. The van der Waals surface area contributed by atoms with Crippen molar-refractivity contribution in [3.05, 3.63) is 54.6 Å². The van der Waals surface area contributed by atoms with E-state index in [-0.39, 0.29) is 0 Å². The van der Waals surface area contributed by atoms with Gasteiger partial charge in [-0.3, -0.25) is 4.72 Å². The molecule has 0 unspecified atom stereocenters. The molecule has 19 heavy (non-hydrogen) atoms. The maximum absolute atomic E-state index is 10.6. The Bertz CT molecular complexity index is 569. The third-order valence-corrected chi connectivity index (χ3v) is 2.95. The third kappa shape index (κ3) is 4.44. The van der Waals surface area contributed by atoms with Gasteiger partial charge in [-0.05, 0) is 48.3 Å². The molecule has 2 rings (SSSR count). The number of amides is 2. The molecule has 3 N–H and O–H groups in total. The summed E-state index contributed by atoms with van der Waals surface area (Å²) in [6.07, 6.45) is 0. The average Bonchev–Trinajstić information content (AvgIpc) is 2.45. The minimum atomic E-state index is -0.571. The quantitative estimate of drug-likeness (QED) is 0.656. The van der Waals surface area contributed by atoms with Gasteiger partial charge in [0.1, 0.15) is 0 Å². The van der Waals surface area contributed by atoms with Crippen LogP contribution in [0.15, 0.2) is 69.7 Å². The lowest BCUT2D eigenvalue weighted by molar-refractivity contribution is 0.254. The van der Waals surface area contributed by atoms with E-state index in [4.69, 9.17) is 5.73 Å². The fourth-order valence-electron chi connectivity index (χ4n) is 1.30. The molecule has 0 radical (unpaired) electrons. The predicted molar refractivity (Wildman–Crippen MR) is 75.6 cm³/mol. The molecule has 0 saturated carbocycles. The summed E-state index contributed by atoms with van der Waals surface area (Å²) in [5.41, 5.74) is 6.52. The number of nitrogens with zero attached hydrogens (tertiary/aromatic N) is 2. The van der Waals surface area contributed by atoms with E-state index < -0.39 is 6.03 Å². The van der Waals surface area contributed by atoms with Gasteiger partial charge < -0.3 is 5.73 Å². The van der Waals surface area contributed by atoms with E-state index in [2.05, 4.69) is 15.0 Å². The number of nitrogens with two attached hydrogens (primary N) is 1. The van der Waals surface area contributed by atoms with Gasteiger partial charge in [-0.2, -0.15) is 10.2 Å². The number of primary amides is 1. The number of carbonyl (C=O) groups is 1. The Balaban J connectivity index is 1.99. The number of azo groups is 1. The molecule has 0 aliphatic heterocycles. The highest BCUT2D eigenvalue weighted by Crippen LogP contribution is 2.21. The van der Waals surface area contributed by atoms with Crippen molar-refractivity contribution in [2.75, 3.05) is 0 Å². The molecule has 0 saturated heterocycles. The maximum Gasteiger partial charge on any atom is 0.322 e. The van der Waals surface area contributed by atoms with E-state index in [1.807, 2.05) is 54.6 Å². The summed E-state index contributed by atoms with van der Waals surface area (Å²) >= 11 is 1.15. The third-order valence-electron chi connectivity index (χ3n) is 2.14. The normalized spacial score (nSPS) is 10.5. The van der Waals surface area contributed by atoms with E-state index in [0.717, 1.165) is 28.2 Å². The molecule has 0 bridgehead atoms. The largest absolute Gasteiger partial charge is 0.351 e. The smallest absolute Gasteiger partial charge is 0.322 e. The average molecular weight is 272 g/mol. The zero-order valence-corrected chi connectivity index (χ0v) is 10.8. The highest BCUT2D eigenvalue weighted by molar-refractivity contribution is 7.98. The first-order chi connectivity index (χ1) is 9.24. The maximum atomic E-state index is 10.6. The van der Waals surface area contributed by atoms with Gasteiger partial charge >= 0.3 is 6.03 Å². The fourth-order valence-corrected chi connectivity index (χ4v) is 1.79. The van der Waals surface area contributed by atoms with Crippen LogP contribution in [0.25, 0.3) is 0 Å². The minimum Gasteiger partial charge on any atom is -0.351 e. The molecule has 2 aromatic carbocycles. The summed E-state index contributed by atoms with van der Waals surface area (Å²) in [5, 5.41) is 8.23. The van der Waals surface area contributed by atoms with Crippen LogP contribution in [0.4, 0.5) is 16.2 Å². The summed E-state index contributed by atoms with van der Waals surface area (Å²) < 4.78 is 2.44. The molecule has 0 atom stereocenters. The Morgan fingerprint density at radius 2 is 1.53 bits per heavy atom. The molecule has 0 aliphatic rings. The Kier molecular flexibility index (Phi) is 4.52. The zero-order valence-electron chi connectivity index (χ0n) is 9.98. The number of carbonyl (C=O) groups excluding carboxylic acids is 1. The van der Waals surface area contributed by atoms with Crippen LogP contribution in [-0.4, -0.2) is 6.03 Å². The van der Waals surface area contributed by atoms with Gasteiger partial charge in [0.05, 0.1) is 11.4 Å². The first-order valence-corrected chi connectivity index (χ1v) is 6.35. The summed E-state index contributed by atoms with van der Waals surface area (Å²) in [6, 6.07) is 16.2. The highest BCUT2D eigenvalue weighted by atomic mass is 32.2. The van der Waals surface area contributed by atoms with E-state index in [1.54, 1.807) is 0 Å². The Labute approximate surface area is 115 Å². The standard InChI is InChI=1S/C13H12N4OS/c14-13(18)17-19-12-8-6-11(7-9-12)16-15-10-4-2-1-3-5-10/h1-9H,(H3,14,17,18)/b16-15+. The first kappa shape index (κ1) is 13.1. The molecule has 96 valence electrons. The number of urea groups is 1. The lowest BCUT2D eigenvalue weighted by Gasteiger charge is -2.00. The van der Waals surface area contributed by atoms with E-state index in [1.165, 1.54) is 0 Å². The van der Waals surface area contributed by atoms with Crippen LogP contribution in [0.3, 0.4) is 0 Å². The second-order valence-electron chi connectivity index (χ2n) is 3.60. The lowest BCUT2D eigenvalue weighted by atomic mass is 10.3. The van der Waals surface area contributed by atoms with Crippen LogP contribution in [0.5, 0.6) is 0 Å². The van der Waals surface area contributed by atoms with Crippen molar-refractivity contribution in [2.45, 2.75) is 4.90 Å². The van der Waals surface area contributed by atoms with Crippen molar-refractivity contribution in [1.82, 2.24) is 4.72 Å². The molecule has 6 heteroatoms. The number of hydrogen-bond donors (Lipinski definition) is 2. The summed E-state index contributed by atoms with van der Waals surface area (Å²) in [7, 11) is 0. The van der Waals surface area contributed by atoms with Gasteiger partial charge in [-0.1, -0.05) is 18.2 Å². The lowest BCUT2D eigenvalue weighted by Crippen LogP contribution is -2.22. The SMILES string of the molecule is NC(=O)NSc1ccc(/N=N/c2ccccc2)cc1. The molecule has 0 heterocycles. The fraction of sp³-hybridized carbons (Fsp3) is 0. The summed E-state index contributed by atoms with van der Waals surface area (Å²) in [6.45, 7) is 0. The topological polar surface area (TPSA) is 79.8 Å². The van der Waals surface area contributed by atoms with Crippen LogP contribution in [-0.2, 0) is 0 Å². The van der Waals surface area contributed by atoms with Gasteiger partial charge in [-0.15, -0.1) is 0 Å². The van der Waals surface area contributed by atoms with E-state index in [0.29, 0.717) is 0 Å². The molecule has 5 nitrogen and oxygen atoms in total. The van der Waals surface area contributed by atoms with Gasteiger partial charge in [0.15, 0.2) is 0 Å². The number of nitrogens with one attached hydrogen (secondary N) is 1. The van der Waals surface area contributed by atoms with Gasteiger partial charge in [0.25, 0.3) is 0 Å². The molecule has 0 aromatic heterocycles. The highest BCUT2D eigenvalue weighted by Gasteiger charge is 1.96. The Hall–Kier alpha value is -2.34. The summed E-state index contributed by atoms with van der Waals surface area (Å²) in [4.78, 5) is 11.4. The second-order valence-corrected chi connectivity index (χ2v) is 4.48. The van der Waals surface area contributed by atoms with Crippen molar-refractivity contribution in [3.63, 3.8) is 0 Å². The van der Waals surface area contributed by atoms with Gasteiger partial charge in [0.2, 0.25) is 0 Å². The van der Waals surface area contributed by atoms with E-state index >= 15 is 0 Å². The number of benzene rings is 2. The van der Waals surface area contributed by atoms with Crippen molar-refractivity contribution in [1.29, 1.82) is 0 Å². The Morgan fingerprint density at radius 3 is 2.11 bits per heavy atom. The van der Waals surface area contributed by atoms with Gasteiger partial charge in [-0.25, -0.2) is 4.79 Å². The van der Waals surface area contributed by atoms with Crippen molar-refractivity contribution in [3.8, 4) is 0 Å². The van der Waals surface area contributed by atoms with Crippen LogP contribution in [0, 0.1) is 0 Å². The van der Waals surface area contributed by atoms with Gasteiger partial charge in [0, 0.05) is 4.90 Å². The molecule has 2 amide bonds. The molecular formula is C13H12N4OS. The first-order valence-electron chi connectivity index (χ1n) is 5.53. The van der Waals surface area contributed by atoms with Crippen LogP contribution < -0.4 is 10.5 Å². The van der Waals surface area contributed by atoms with Crippen molar-refractivity contribution >= 4 is 29.4 Å². The monoisotopic (exact) mass is 272 g/mol. The summed E-state index contributed by atoms with van der Waals surface area (Å²) in [5.74, 6) is 0. The van der Waals surface area contributed by atoms with Crippen molar-refractivity contribution in [2.24, 2.45) is 16.0 Å². The molecule has 0 spiro atoms. The predicted octanol–water partition coefficient (Wildman–Crippen LogP) is 3.78. The zero-order chi connectivity index (χ0) is 13.5. The number of hydrogen-bond acceptors (Lipinski definition) is 4. The van der Waals surface area contributed by atoms with E-state index in [9.17, 15) is 4.79 Å². The van der Waals surface area contributed by atoms with Crippen LogP contribution in [0.2, 0.25) is 0 Å².